The molecule has 0 aliphatic carbocycles. The highest BCUT2D eigenvalue weighted by molar-refractivity contribution is 7.99. The number of imidazole rings is 1. The molecule has 1 aromatic heterocycles. The number of phenols is 1. The lowest BCUT2D eigenvalue weighted by atomic mass is 9.89. The SMILES string of the molecule is CCn1c(SCC(=O)N2CCC(C(=O)c3ccc(O)cc3)CC2)nc2ccccc21. The maximum Gasteiger partial charge on any atom is 0.233 e. The molecule has 156 valence electrons. The van der Waals surface area contributed by atoms with Crippen molar-refractivity contribution in [1.29, 1.82) is 0 Å². The molecule has 1 amide bonds. The highest BCUT2D eigenvalue weighted by Gasteiger charge is 2.28. The molecule has 1 aliphatic heterocycles. The third-order valence-corrected chi connectivity index (χ3v) is 6.59. The second kappa shape index (κ2) is 8.92. The largest absolute Gasteiger partial charge is 0.508 e. The van der Waals surface area contributed by atoms with Crippen LogP contribution in [0.1, 0.15) is 30.1 Å². The average Bonchev–Trinajstić information content (AvgIpc) is 3.15. The van der Waals surface area contributed by atoms with Gasteiger partial charge in [-0.2, -0.15) is 0 Å². The molecule has 1 saturated heterocycles. The Hall–Kier alpha value is -2.80. The van der Waals surface area contributed by atoms with Crippen LogP contribution in [-0.2, 0) is 11.3 Å². The fourth-order valence-corrected chi connectivity index (χ4v) is 4.92. The first-order chi connectivity index (χ1) is 14.6. The van der Waals surface area contributed by atoms with Crippen molar-refractivity contribution in [2.45, 2.75) is 31.5 Å². The van der Waals surface area contributed by atoms with E-state index in [4.69, 9.17) is 0 Å². The predicted octanol–water partition coefficient (Wildman–Crippen LogP) is 3.98. The van der Waals surface area contributed by atoms with Crippen molar-refractivity contribution >= 4 is 34.5 Å². The number of amides is 1. The monoisotopic (exact) mass is 423 g/mol. The van der Waals surface area contributed by atoms with E-state index in [2.05, 4.69) is 16.5 Å². The summed E-state index contributed by atoms with van der Waals surface area (Å²) in [6.45, 7) is 4.08. The average molecular weight is 424 g/mol. The summed E-state index contributed by atoms with van der Waals surface area (Å²) in [6, 6.07) is 14.4. The van der Waals surface area contributed by atoms with Gasteiger partial charge in [0.2, 0.25) is 5.91 Å². The molecular weight excluding hydrogens is 398 g/mol. The molecule has 0 saturated carbocycles. The van der Waals surface area contributed by atoms with Gasteiger partial charge in [-0.3, -0.25) is 9.59 Å². The van der Waals surface area contributed by atoms with E-state index in [0.29, 0.717) is 37.2 Å². The molecule has 1 fully saturated rings. The number of carbonyl (C=O) groups excluding carboxylic acids is 2. The maximum absolute atomic E-state index is 12.7. The molecular formula is C23H25N3O3S. The smallest absolute Gasteiger partial charge is 0.233 e. The Labute approximate surface area is 179 Å². The molecule has 6 nitrogen and oxygen atoms in total. The second-order valence-electron chi connectivity index (χ2n) is 7.48. The molecule has 7 heteroatoms. The van der Waals surface area contributed by atoms with Crippen LogP contribution in [0.5, 0.6) is 5.75 Å². The summed E-state index contributed by atoms with van der Waals surface area (Å²) in [7, 11) is 0. The van der Waals surface area contributed by atoms with E-state index in [1.54, 1.807) is 12.1 Å². The van der Waals surface area contributed by atoms with E-state index in [-0.39, 0.29) is 23.4 Å². The van der Waals surface area contributed by atoms with Crippen LogP contribution in [0.15, 0.2) is 53.7 Å². The molecule has 3 aromatic rings. The summed E-state index contributed by atoms with van der Waals surface area (Å²) >= 11 is 1.47. The van der Waals surface area contributed by atoms with Gasteiger partial charge in [0.1, 0.15) is 5.75 Å². The van der Waals surface area contributed by atoms with Crippen LogP contribution < -0.4 is 0 Å². The van der Waals surface area contributed by atoms with Crippen LogP contribution in [0.2, 0.25) is 0 Å². The third kappa shape index (κ3) is 4.21. The molecule has 2 heterocycles. The van der Waals surface area contributed by atoms with Gasteiger partial charge in [-0.1, -0.05) is 23.9 Å². The first kappa shape index (κ1) is 20.5. The van der Waals surface area contributed by atoms with Crippen molar-refractivity contribution in [3.63, 3.8) is 0 Å². The number of hydrogen-bond acceptors (Lipinski definition) is 5. The lowest BCUT2D eigenvalue weighted by molar-refractivity contribution is -0.129. The van der Waals surface area contributed by atoms with Crippen LogP contribution in [0.3, 0.4) is 0 Å². The van der Waals surface area contributed by atoms with Crippen molar-refractivity contribution in [3.8, 4) is 5.75 Å². The zero-order valence-electron chi connectivity index (χ0n) is 17.0. The number of piperidine rings is 1. The Morgan fingerprint density at radius 3 is 2.50 bits per heavy atom. The third-order valence-electron chi connectivity index (χ3n) is 5.63. The summed E-state index contributed by atoms with van der Waals surface area (Å²) in [5.41, 5.74) is 2.65. The van der Waals surface area contributed by atoms with E-state index < -0.39 is 0 Å². The van der Waals surface area contributed by atoms with Gasteiger partial charge in [0, 0.05) is 31.1 Å². The Balaban J connectivity index is 1.33. The lowest BCUT2D eigenvalue weighted by Gasteiger charge is -2.31. The Bertz CT molecular complexity index is 1050. The highest BCUT2D eigenvalue weighted by atomic mass is 32.2. The number of aromatic hydroxyl groups is 1. The van der Waals surface area contributed by atoms with Crippen LogP contribution in [0, 0.1) is 5.92 Å². The number of hydrogen-bond donors (Lipinski definition) is 1. The Morgan fingerprint density at radius 2 is 1.80 bits per heavy atom. The summed E-state index contributed by atoms with van der Waals surface area (Å²) in [5, 5.41) is 10.3. The number of thioether (sulfide) groups is 1. The number of para-hydroxylation sites is 2. The van der Waals surface area contributed by atoms with E-state index in [9.17, 15) is 14.7 Å². The molecule has 0 spiro atoms. The normalized spacial score (nSPS) is 14.9. The molecule has 1 N–H and O–H groups in total. The molecule has 0 unspecified atom stereocenters. The maximum atomic E-state index is 12.7. The quantitative estimate of drug-likeness (QED) is 0.480. The fraction of sp³-hybridized carbons (Fsp3) is 0.348. The van der Waals surface area contributed by atoms with Crippen molar-refractivity contribution in [2.24, 2.45) is 5.92 Å². The van der Waals surface area contributed by atoms with Gasteiger partial charge in [0.05, 0.1) is 16.8 Å². The second-order valence-corrected chi connectivity index (χ2v) is 8.42. The van der Waals surface area contributed by atoms with E-state index in [0.717, 1.165) is 22.7 Å². The van der Waals surface area contributed by atoms with Crippen molar-refractivity contribution in [2.75, 3.05) is 18.8 Å². The number of benzene rings is 2. The minimum Gasteiger partial charge on any atom is -0.508 e. The molecule has 0 atom stereocenters. The summed E-state index contributed by atoms with van der Waals surface area (Å²) in [4.78, 5) is 31.9. The van der Waals surface area contributed by atoms with Crippen molar-refractivity contribution in [1.82, 2.24) is 14.5 Å². The number of Topliss-reactive ketones (excluding diaryl/α,β-unsaturated/α-hetero) is 1. The van der Waals surface area contributed by atoms with Gasteiger partial charge in [0.25, 0.3) is 0 Å². The number of fused-ring (bicyclic) bond motifs is 1. The Morgan fingerprint density at radius 1 is 1.10 bits per heavy atom. The van der Waals surface area contributed by atoms with Gasteiger partial charge >= 0.3 is 0 Å². The number of phenolic OH excluding ortho intramolecular Hbond substituents is 1. The number of likely N-dealkylation sites (tertiary alicyclic amines) is 1. The number of carbonyl (C=O) groups is 2. The zero-order valence-corrected chi connectivity index (χ0v) is 17.8. The van der Waals surface area contributed by atoms with Gasteiger partial charge in [0.15, 0.2) is 10.9 Å². The standard InChI is InChI=1S/C23H25N3O3S/c1-2-26-20-6-4-3-5-19(20)24-23(26)30-15-21(28)25-13-11-17(12-14-25)22(29)16-7-9-18(27)10-8-16/h3-10,17,27H,2,11-15H2,1H3. The summed E-state index contributed by atoms with van der Waals surface area (Å²) in [5.74, 6) is 0.606. The van der Waals surface area contributed by atoms with Crippen LogP contribution in [0.4, 0.5) is 0 Å². The van der Waals surface area contributed by atoms with Gasteiger partial charge in [-0.15, -0.1) is 0 Å². The van der Waals surface area contributed by atoms with E-state index in [1.807, 2.05) is 29.2 Å². The molecule has 2 aromatic carbocycles. The topological polar surface area (TPSA) is 75.4 Å². The first-order valence-corrected chi connectivity index (χ1v) is 11.2. The van der Waals surface area contributed by atoms with Crippen LogP contribution in [0.25, 0.3) is 11.0 Å². The number of aryl methyl sites for hydroxylation is 1. The van der Waals surface area contributed by atoms with Crippen LogP contribution in [-0.4, -0.2) is 50.1 Å². The summed E-state index contributed by atoms with van der Waals surface area (Å²) in [6.07, 6.45) is 1.34. The number of ketones is 1. The number of aromatic nitrogens is 2. The molecule has 4 rings (SSSR count). The number of rotatable bonds is 6. The molecule has 0 radical (unpaired) electrons. The van der Waals surface area contributed by atoms with Crippen molar-refractivity contribution < 1.29 is 14.7 Å². The van der Waals surface area contributed by atoms with Gasteiger partial charge < -0.3 is 14.6 Å². The van der Waals surface area contributed by atoms with E-state index in [1.165, 1.54) is 23.9 Å². The summed E-state index contributed by atoms with van der Waals surface area (Å²) < 4.78 is 2.13. The lowest BCUT2D eigenvalue weighted by Crippen LogP contribution is -2.41. The fourth-order valence-electron chi connectivity index (χ4n) is 3.94. The minimum absolute atomic E-state index is 0.0736. The van der Waals surface area contributed by atoms with Crippen LogP contribution >= 0.6 is 11.8 Å². The van der Waals surface area contributed by atoms with Gasteiger partial charge in [-0.25, -0.2) is 4.98 Å². The molecule has 30 heavy (non-hydrogen) atoms. The van der Waals surface area contributed by atoms with Crippen molar-refractivity contribution in [3.05, 3.63) is 54.1 Å². The number of nitrogens with zero attached hydrogens (tertiary/aromatic N) is 3. The highest BCUT2D eigenvalue weighted by Crippen LogP contribution is 2.26. The molecule has 0 bridgehead atoms. The minimum atomic E-state index is -0.0736. The zero-order chi connectivity index (χ0) is 21.1. The van der Waals surface area contributed by atoms with Gasteiger partial charge in [-0.05, 0) is 56.2 Å². The first-order valence-electron chi connectivity index (χ1n) is 10.3. The Kier molecular flexibility index (Phi) is 6.08. The predicted molar refractivity (Wildman–Crippen MR) is 118 cm³/mol. The molecule has 1 aliphatic rings. The van der Waals surface area contributed by atoms with E-state index >= 15 is 0 Å².